The van der Waals surface area contributed by atoms with Crippen molar-refractivity contribution in [1.29, 1.82) is 0 Å². The van der Waals surface area contributed by atoms with Gasteiger partial charge in [-0.05, 0) is 13.8 Å². The normalized spacial score (nSPS) is 12.1. The van der Waals surface area contributed by atoms with E-state index in [2.05, 4.69) is 10.3 Å². The molecule has 1 rings (SSSR count). The molecule has 0 aliphatic heterocycles. The number of aliphatic carboxylic acids is 1. The van der Waals surface area contributed by atoms with Crippen LogP contribution >= 0.6 is 11.3 Å². The number of hydrogen-bond donors (Lipinski definition) is 2. The predicted molar refractivity (Wildman–Crippen MR) is 66.7 cm³/mol. The Kier molecular flexibility index (Phi) is 5.73. The fourth-order valence-electron chi connectivity index (χ4n) is 1.27. The molecule has 18 heavy (non-hydrogen) atoms. The van der Waals surface area contributed by atoms with Crippen LogP contribution in [0.5, 0.6) is 0 Å². The number of thiazole rings is 1. The van der Waals surface area contributed by atoms with Crippen molar-refractivity contribution >= 4 is 23.2 Å². The lowest BCUT2D eigenvalue weighted by atomic mass is 10.4. The molecule has 0 aliphatic carbocycles. The average molecular weight is 272 g/mol. The van der Waals surface area contributed by atoms with Crippen LogP contribution in [0.2, 0.25) is 0 Å². The van der Waals surface area contributed by atoms with Crippen molar-refractivity contribution < 1.29 is 19.4 Å². The molecule has 0 radical (unpaired) electrons. The Balaban J connectivity index is 2.51. The maximum Gasteiger partial charge on any atom is 0.305 e. The van der Waals surface area contributed by atoms with Crippen LogP contribution < -0.4 is 5.32 Å². The third-order valence-electron chi connectivity index (χ3n) is 2.14. The number of hydrogen-bond acceptors (Lipinski definition) is 5. The van der Waals surface area contributed by atoms with Crippen LogP contribution in [0.4, 0.5) is 0 Å². The van der Waals surface area contributed by atoms with E-state index in [0.29, 0.717) is 11.5 Å². The molecule has 0 fully saturated rings. The van der Waals surface area contributed by atoms with Gasteiger partial charge in [0.15, 0.2) is 0 Å². The van der Waals surface area contributed by atoms with E-state index in [1.165, 1.54) is 17.5 Å². The Labute approximate surface area is 109 Å². The first-order valence-corrected chi connectivity index (χ1v) is 6.43. The number of nitrogens with one attached hydrogen (secondary N) is 1. The SMILES string of the molecule is CCOC(C)c1ncc(C(=O)NCCC(=O)O)s1. The number of aromatic nitrogens is 1. The van der Waals surface area contributed by atoms with Crippen molar-refractivity contribution in [3.63, 3.8) is 0 Å². The summed E-state index contributed by atoms with van der Waals surface area (Å²) in [5.74, 6) is -1.24. The maximum atomic E-state index is 11.6. The number of amides is 1. The van der Waals surface area contributed by atoms with Gasteiger partial charge >= 0.3 is 5.97 Å². The monoisotopic (exact) mass is 272 g/mol. The summed E-state index contributed by atoms with van der Waals surface area (Å²) in [5.41, 5.74) is 0. The van der Waals surface area contributed by atoms with Crippen molar-refractivity contribution in [1.82, 2.24) is 10.3 Å². The van der Waals surface area contributed by atoms with Crippen LogP contribution in [0.3, 0.4) is 0 Å². The number of ether oxygens (including phenoxy) is 1. The third-order valence-corrected chi connectivity index (χ3v) is 3.29. The van der Waals surface area contributed by atoms with Crippen molar-refractivity contribution in [2.45, 2.75) is 26.4 Å². The van der Waals surface area contributed by atoms with Gasteiger partial charge in [0.05, 0.1) is 12.6 Å². The highest BCUT2D eigenvalue weighted by molar-refractivity contribution is 7.13. The van der Waals surface area contributed by atoms with Crippen LogP contribution in [-0.4, -0.2) is 35.1 Å². The number of nitrogens with zero attached hydrogens (tertiary/aromatic N) is 1. The fraction of sp³-hybridized carbons (Fsp3) is 0.545. The molecular formula is C11H16N2O4S. The van der Waals surface area contributed by atoms with Crippen LogP contribution in [-0.2, 0) is 9.53 Å². The third kappa shape index (κ3) is 4.42. The first-order chi connectivity index (χ1) is 8.54. The quantitative estimate of drug-likeness (QED) is 0.784. The average Bonchev–Trinajstić information content (AvgIpc) is 2.78. The molecular weight excluding hydrogens is 256 g/mol. The summed E-state index contributed by atoms with van der Waals surface area (Å²) in [5, 5.41) is 11.7. The molecule has 100 valence electrons. The molecule has 6 nitrogen and oxygen atoms in total. The van der Waals surface area contributed by atoms with Gasteiger partial charge in [-0.1, -0.05) is 0 Å². The fourth-order valence-corrected chi connectivity index (χ4v) is 2.11. The molecule has 7 heteroatoms. The molecule has 1 aromatic heterocycles. The summed E-state index contributed by atoms with van der Waals surface area (Å²) in [4.78, 5) is 26.5. The van der Waals surface area contributed by atoms with Gasteiger partial charge in [-0.15, -0.1) is 11.3 Å². The zero-order chi connectivity index (χ0) is 13.5. The van der Waals surface area contributed by atoms with E-state index in [9.17, 15) is 9.59 Å². The minimum absolute atomic E-state index is 0.0905. The van der Waals surface area contributed by atoms with Gasteiger partial charge in [-0.25, -0.2) is 4.98 Å². The highest BCUT2D eigenvalue weighted by atomic mass is 32.1. The number of carbonyl (C=O) groups is 2. The van der Waals surface area contributed by atoms with Gasteiger partial charge in [0.2, 0.25) is 0 Å². The molecule has 1 heterocycles. The van der Waals surface area contributed by atoms with Gasteiger partial charge in [-0.3, -0.25) is 9.59 Å². The smallest absolute Gasteiger partial charge is 0.305 e. The molecule has 1 amide bonds. The van der Waals surface area contributed by atoms with Crippen LogP contribution in [0.25, 0.3) is 0 Å². The molecule has 0 bridgehead atoms. The van der Waals surface area contributed by atoms with Crippen molar-refractivity contribution in [3.05, 3.63) is 16.1 Å². The molecule has 1 atom stereocenters. The lowest BCUT2D eigenvalue weighted by Crippen LogP contribution is -2.25. The Bertz CT molecular complexity index is 419. The van der Waals surface area contributed by atoms with Gasteiger partial charge in [0, 0.05) is 13.2 Å². The van der Waals surface area contributed by atoms with Gasteiger partial charge < -0.3 is 15.2 Å². The van der Waals surface area contributed by atoms with E-state index in [1.54, 1.807) is 0 Å². The van der Waals surface area contributed by atoms with Crippen LogP contribution in [0.1, 0.15) is 41.1 Å². The first-order valence-electron chi connectivity index (χ1n) is 5.62. The van der Waals surface area contributed by atoms with Gasteiger partial charge in [0.25, 0.3) is 5.91 Å². The van der Waals surface area contributed by atoms with Gasteiger partial charge in [-0.2, -0.15) is 0 Å². The van der Waals surface area contributed by atoms with Crippen molar-refractivity contribution in [2.24, 2.45) is 0 Å². The maximum absolute atomic E-state index is 11.6. The summed E-state index contributed by atoms with van der Waals surface area (Å²) < 4.78 is 5.37. The molecule has 0 saturated heterocycles. The molecule has 0 spiro atoms. The minimum atomic E-state index is -0.940. The summed E-state index contributed by atoms with van der Waals surface area (Å²) in [6.07, 6.45) is 1.25. The van der Waals surface area contributed by atoms with Crippen LogP contribution in [0.15, 0.2) is 6.20 Å². The topological polar surface area (TPSA) is 88.5 Å². The lowest BCUT2D eigenvalue weighted by molar-refractivity contribution is -0.136. The highest BCUT2D eigenvalue weighted by Gasteiger charge is 2.14. The number of carboxylic acid groups (broad SMARTS) is 1. The van der Waals surface area contributed by atoms with E-state index in [1.807, 2.05) is 13.8 Å². The van der Waals surface area contributed by atoms with Crippen molar-refractivity contribution in [2.75, 3.05) is 13.2 Å². The second-order valence-corrected chi connectivity index (χ2v) is 4.62. The van der Waals surface area contributed by atoms with E-state index >= 15 is 0 Å². The molecule has 2 N–H and O–H groups in total. The van der Waals surface area contributed by atoms with Gasteiger partial charge in [0.1, 0.15) is 16.0 Å². The molecule has 0 saturated carbocycles. The summed E-state index contributed by atoms with van der Waals surface area (Å²) in [7, 11) is 0. The molecule has 0 aromatic carbocycles. The Morgan fingerprint density at radius 3 is 2.94 bits per heavy atom. The minimum Gasteiger partial charge on any atom is -0.481 e. The number of carboxylic acids is 1. The molecule has 1 aromatic rings. The Morgan fingerprint density at radius 1 is 1.61 bits per heavy atom. The number of rotatable bonds is 7. The second kappa shape index (κ2) is 7.07. The molecule has 1 unspecified atom stereocenters. The summed E-state index contributed by atoms with van der Waals surface area (Å²) in [6, 6.07) is 0. The summed E-state index contributed by atoms with van der Waals surface area (Å²) in [6.45, 7) is 4.46. The van der Waals surface area contributed by atoms with E-state index < -0.39 is 5.97 Å². The first kappa shape index (κ1) is 14.6. The zero-order valence-electron chi connectivity index (χ0n) is 10.3. The lowest BCUT2D eigenvalue weighted by Gasteiger charge is -2.06. The van der Waals surface area contributed by atoms with E-state index in [4.69, 9.17) is 9.84 Å². The zero-order valence-corrected chi connectivity index (χ0v) is 11.1. The standard InChI is InChI=1S/C11H16N2O4S/c1-3-17-7(2)11-13-6-8(18-11)10(16)12-5-4-9(14)15/h6-7H,3-5H2,1-2H3,(H,12,16)(H,14,15). The highest BCUT2D eigenvalue weighted by Crippen LogP contribution is 2.22. The molecule has 0 aliphatic rings. The summed E-state index contributed by atoms with van der Waals surface area (Å²) >= 11 is 1.25. The number of carbonyl (C=O) groups excluding carboxylic acids is 1. The van der Waals surface area contributed by atoms with Crippen LogP contribution in [0, 0.1) is 0 Å². The van der Waals surface area contributed by atoms with E-state index in [-0.39, 0.29) is 25.0 Å². The van der Waals surface area contributed by atoms with Crippen molar-refractivity contribution in [3.8, 4) is 0 Å². The Hall–Kier alpha value is -1.47. The van der Waals surface area contributed by atoms with E-state index in [0.717, 1.165) is 5.01 Å². The largest absolute Gasteiger partial charge is 0.481 e. The predicted octanol–water partition coefficient (Wildman–Crippen LogP) is 1.45. The Morgan fingerprint density at radius 2 is 2.33 bits per heavy atom. The second-order valence-electron chi connectivity index (χ2n) is 3.56.